The van der Waals surface area contributed by atoms with E-state index in [4.69, 9.17) is 5.73 Å². The first-order valence-corrected chi connectivity index (χ1v) is 5.49. The van der Waals surface area contributed by atoms with Crippen LogP contribution in [0.3, 0.4) is 0 Å². The molecule has 74 valence electrons. The van der Waals surface area contributed by atoms with E-state index in [-0.39, 0.29) is 4.88 Å². The van der Waals surface area contributed by atoms with E-state index in [1.165, 1.54) is 6.07 Å². The van der Waals surface area contributed by atoms with Crippen LogP contribution >= 0.6 is 43.2 Å². The first-order chi connectivity index (χ1) is 5.82. The minimum atomic E-state index is -4.39. The molecule has 1 aromatic heterocycles. The third-order valence-corrected chi connectivity index (χ3v) is 4.66. The molecular weight excluding hydrogens is 335 g/mol. The Hall–Kier alpha value is 0.410. The Kier molecular flexibility index (Phi) is 3.43. The van der Waals surface area contributed by atoms with Crippen molar-refractivity contribution < 1.29 is 13.2 Å². The van der Waals surface area contributed by atoms with Crippen LogP contribution in [0.15, 0.2) is 14.3 Å². The summed E-state index contributed by atoms with van der Waals surface area (Å²) < 4.78 is 37.6. The quantitative estimate of drug-likeness (QED) is 0.827. The summed E-state index contributed by atoms with van der Waals surface area (Å²) in [4.78, 5) is 0.0891. The van der Waals surface area contributed by atoms with E-state index in [0.717, 1.165) is 11.3 Å². The summed E-state index contributed by atoms with van der Waals surface area (Å²) in [5.41, 5.74) is 5.00. The number of hydrogen-bond donors (Lipinski definition) is 1. The molecule has 0 spiro atoms. The average Bonchev–Trinajstić information content (AvgIpc) is 2.29. The van der Waals surface area contributed by atoms with Crippen molar-refractivity contribution in [3.05, 3.63) is 19.2 Å². The van der Waals surface area contributed by atoms with Gasteiger partial charge in [-0.1, -0.05) is 0 Å². The van der Waals surface area contributed by atoms with Crippen molar-refractivity contribution in [3.8, 4) is 0 Å². The molecule has 0 aliphatic rings. The molecule has 1 atom stereocenters. The van der Waals surface area contributed by atoms with Crippen molar-refractivity contribution in [3.63, 3.8) is 0 Å². The molecule has 0 aliphatic heterocycles. The lowest BCUT2D eigenvalue weighted by Gasteiger charge is -2.12. The normalized spacial score (nSPS) is 14.6. The Morgan fingerprint density at radius 1 is 1.38 bits per heavy atom. The standard InChI is InChI=1S/C6H4Br2F3NS/c7-2-1-3(13-5(2)8)4(12)6(9,10)11/h1,4H,12H2/t4-/m0/s1. The van der Waals surface area contributed by atoms with E-state index in [1.54, 1.807) is 0 Å². The highest BCUT2D eigenvalue weighted by molar-refractivity contribution is 9.13. The Morgan fingerprint density at radius 2 is 1.92 bits per heavy atom. The second-order valence-electron chi connectivity index (χ2n) is 2.29. The minimum Gasteiger partial charge on any atom is -0.316 e. The molecule has 0 amide bonds. The Morgan fingerprint density at radius 3 is 2.23 bits per heavy atom. The van der Waals surface area contributed by atoms with Crippen molar-refractivity contribution in [2.45, 2.75) is 12.2 Å². The third-order valence-electron chi connectivity index (χ3n) is 1.32. The van der Waals surface area contributed by atoms with Gasteiger partial charge in [0, 0.05) is 9.35 Å². The van der Waals surface area contributed by atoms with E-state index in [0.29, 0.717) is 8.26 Å². The van der Waals surface area contributed by atoms with E-state index in [9.17, 15) is 13.2 Å². The number of rotatable bonds is 1. The summed E-state index contributed by atoms with van der Waals surface area (Å²) in [6, 6.07) is -0.535. The van der Waals surface area contributed by atoms with Gasteiger partial charge >= 0.3 is 6.18 Å². The SMILES string of the molecule is N[C@@H](c1cc(Br)c(Br)s1)C(F)(F)F. The molecular formula is C6H4Br2F3NS. The van der Waals surface area contributed by atoms with Crippen LogP contribution in [0.4, 0.5) is 13.2 Å². The Labute approximate surface area is 93.4 Å². The van der Waals surface area contributed by atoms with Crippen LogP contribution < -0.4 is 5.73 Å². The second kappa shape index (κ2) is 3.88. The molecule has 13 heavy (non-hydrogen) atoms. The van der Waals surface area contributed by atoms with Gasteiger partial charge in [0.05, 0.1) is 3.79 Å². The fourth-order valence-electron chi connectivity index (χ4n) is 0.678. The smallest absolute Gasteiger partial charge is 0.316 e. The second-order valence-corrected chi connectivity index (χ2v) is 5.55. The minimum absolute atomic E-state index is 0.0891. The van der Waals surface area contributed by atoms with E-state index in [1.807, 2.05) is 0 Å². The molecule has 0 saturated heterocycles. The van der Waals surface area contributed by atoms with Crippen LogP contribution in [-0.4, -0.2) is 6.18 Å². The van der Waals surface area contributed by atoms with Gasteiger partial charge in [-0.25, -0.2) is 0 Å². The highest BCUT2D eigenvalue weighted by atomic mass is 79.9. The maximum Gasteiger partial charge on any atom is 0.408 e. The van der Waals surface area contributed by atoms with Gasteiger partial charge < -0.3 is 5.73 Å². The lowest BCUT2D eigenvalue weighted by molar-refractivity contribution is -0.148. The number of halogens is 5. The predicted octanol–water partition coefficient (Wildman–Crippen LogP) is 3.84. The summed E-state index contributed by atoms with van der Waals surface area (Å²) in [6.07, 6.45) is -4.39. The van der Waals surface area contributed by atoms with Crippen LogP contribution in [-0.2, 0) is 0 Å². The van der Waals surface area contributed by atoms with Crippen molar-refractivity contribution in [1.29, 1.82) is 0 Å². The van der Waals surface area contributed by atoms with Gasteiger partial charge in [-0.2, -0.15) is 13.2 Å². The molecule has 1 heterocycles. The Bertz CT molecular complexity index is 290. The largest absolute Gasteiger partial charge is 0.408 e. The molecule has 1 aromatic rings. The zero-order chi connectivity index (χ0) is 10.2. The topological polar surface area (TPSA) is 26.0 Å². The van der Waals surface area contributed by atoms with Crippen molar-refractivity contribution >= 4 is 43.2 Å². The number of nitrogens with two attached hydrogens (primary N) is 1. The summed E-state index contributed by atoms with van der Waals surface area (Å²) in [5.74, 6) is 0. The summed E-state index contributed by atoms with van der Waals surface area (Å²) in [6.45, 7) is 0. The van der Waals surface area contributed by atoms with Crippen LogP contribution in [0.2, 0.25) is 0 Å². The lowest BCUT2D eigenvalue weighted by atomic mass is 10.2. The van der Waals surface area contributed by atoms with Crippen LogP contribution in [0.1, 0.15) is 10.9 Å². The Balaban J connectivity index is 2.96. The molecule has 0 unspecified atom stereocenters. The molecule has 0 radical (unpaired) electrons. The highest BCUT2D eigenvalue weighted by Gasteiger charge is 2.39. The monoisotopic (exact) mass is 337 g/mol. The fraction of sp³-hybridized carbons (Fsp3) is 0.333. The first kappa shape index (κ1) is 11.5. The summed E-state index contributed by atoms with van der Waals surface area (Å²) in [7, 11) is 0. The number of hydrogen-bond acceptors (Lipinski definition) is 2. The molecule has 1 nitrogen and oxygen atoms in total. The first-order valence-electron chi connectivity index (χ1n) is 3.09. The molecule has 7 heteroatoms. The molecule has 0 saturated carbocycles. The number of thiophene rings is 1. The number of alkyl halides is 3. The van der Waals surface area contributed by atoms with Crippen LogP contribution in [0.25, 0.3) is 0 Å². The van der Waals surface area contributed by atoms with Gasteiger partial charge in [-0.05, 0) is 37.9 Å². The van der Waals surface area contributed by atoms with Crippen LogP contribution in [0, 0.1) is 0 Å². The van der Waals surface area contributed by atoms with E-state index >= 15 is 0 Å². The summed E-state index contributed by atoms with van der Waals surface area (Å²) >= 11 is 7.17. The fourth-order valence-corrected chi connectivity index (χ4v) is 2.79. The van der Waals surface area contributed by atoms with Gasteiger partial charge in [0.1, 0.15) is 6.04 Å². The average molecular weight is 339 g/mol. The van der Waals surface area contributed by atoms with Gasteiger partial charge in [0.25, 0.3) is 0 Å². The van der Waals surface area contributed by atoms with Crippen molar-refractivity contribution in [2.75, 3.05) is 0 Å². The van der Waals surface area contributed by atoms with E-state index < -0.39 is 12.2 Å². The zero-order valence-electron chi connectivity index (χ0n) is 6.03. The molecule has 0 fully saturated rings. The molecule has 2 N–H and O–H groups in total. The van der Waals surface area contributed by atoms with Crippen molar-refractivity contribution in [2.24, 2.45) is 5.73 Å². The maximum absolute atomic E-state index is 12.1. The maximum atomic E-state index is 12.1. The summed E-state index contributed by atoms with van der Waals surface area (Å²) in [5, 5.41) is 0. The van der Waals surface area contributed by atoms with Gasteiger partial charge in [0.15, 0.2) is 0 Å². The van der Waals surface area contributed by atoms with Gasteiger partial charge in [-0.3, -0.25) is 0 Å². The lowest BCUT2D eigenvalue weighted by Crippen LogP contribution is -2.27. The highest BCUT2D eigenvalue weighted by Crippen LogP contribution is 2.39. The van der Waals surface area contributed by atoms with Crippen LogP contribution in [0.5, 0.6) is 0 Å². The molecule has 0 aliphatic carbocycles. The molecule has 0 aromatic carbocycles. The molecule has 1 rings (SSSR count). The predicted molar refractivity (Wildman–Crippen MR) is 52.7 cm³/mol. The zero-order valence-corrected chi connectivity index (χ0v) is 10.0. The van der Waals surface area contributed by atoms with Gasteiger partial charge in [0.2, 0.25) is 0 Å². The van der Waals surface area contributed by atoms with Crippen molar-refractivity contribution in [1.82, 2.24) is 0 Å². The molecule has 0 bridgehead atoms. The van der Waals surface area contributed by atoms with Gasteiger partial charge in [-0.15, -0.1) is 11.3 Å². The third kappa shape index (κ3) is 2.68. The van der Waals surface area contributed by atoms with E-state index in [2.05, 4.69) is 31.9 Å².